The van der Waals surface area contributed by atoms with E-state index in [1.807, 2.05) is 35.1 Å². The number of aromatic nitrogens is 2. The number of hydrogen-bond donors (Lipinski definition) is 1. The van der Waals surface area contributed by atoms with Crippen LogP contribution in [-0.2, 0) is 6.54 Å². The van der Waals surface area contributed by atoms with Crippen LogP contribution >= 0.6 is 0 Å². The van der Waals surface area contributed by atoms with Crippen LogP contribution in [0.15, 0.2) is 30.5 Å². The highest BCUT2D eigenvalue weighted by atomic mass is 16.5. The third-order valence-corrected chi connectivity index (χ3v) is 3.37. The van der Waals surface area contributed by atoms with Gasteiger partial charge in [-0.15, -0.1) is 0 Å². The SMILES string of the molecule is CCCNCc1ccn(-c2ccc3c(c2)OCCCO3)n1. The van der Waals surface area contributed by atoms with Crippen molar-refractivity contribution in [3.8, 4) is 17.2 Å². The fraction of sp³-hybridized carbons (Fsp3) is 0.438. The van der Waals surface area contributed by atoms with E-state index >= 15 is 0 Å². The molecule has 1 aromatic heterocycles. The van der Waals surface area contributed by atoms with Crippen molar-refractivity contribution in [3.05, 3.63) is 36.2 Å². The summed E-state index contributed by atoms with van der Waals surface area (Å²) in [6.07, 6.45) is 4.02. The number of nitrogens with zero attached hydrogens (tertiary/aromatic N) is 2. The zero-order valence-corrected chi connectivity index (χ0v) is 12.3. The van der Waals surface area contributed by atoms with Crippen LogP contribution in [0.4, 0.5) is 0 Å². The molecule has 0 radical (unpaired) electrons. The zero-order valence-electron chi connectivity index (χ0n) is 12.3. The highest BCUT2D eigenvalue weighted by Crippen LogP contribution is 2.31. The largest absolute Gasteiger partial charge is 0.490 e. The van der Waals surface area contributed by atoms with Crippen molar-refractivity contribution < 1.29 is 9.47 Å². The summed E-state index contributed by atoms with van der Waals surface area (Å²) in [5.74, 6) is 1.61. The summed E-state index contributed by atoms with van der Waals surface area (Å²) in [4.78, 5) is 0. The van der Waals surface area contributed by atoms with Crippen molar-refractivity contribution in [1.29, 1.82) is 0 Å². The molecule has 3 rings (SSSR count). The summed E-state index contributed by atoms with van der Waals surface area (Å²) >= 11 is 0. The van der Waals surface area contributed by atoms with E-state index in [9.17, 15) is 0 Å². The molecule has 0 bridgehead atoms. The van der Waals surface area contributed by atoms with Crippen molar-refractivity contribution in [2.75, 3.05) is 19.8 Å². The molecule has 0 fully saturated rings. The second-order valence-corrected chi connectivity index (χ2v) is 5.11. The van der Waals surface area contributed by atoms with Crippen LogP contribution < -0.4 is 14.8 Å². The van der Waals surface area contributed by atoms with Gasteiger partial charge in [0.2, 0.25) is 0 Å². The molecule has 1 aliphatic heterocycles. The summed E-state index contributed by atoms with van der Waals surface area (Å²) < 4.78 is 13.2. The molecule has 0 spiro atoms. The molecule has 0 aliphatic carbocycles. The lowest BCUT2D eigenvalue weighted by Gasteiger charge is -2.09. The second kappa shape index (κ2) is 6.63. The number of rotatable bonds is 5. The molecule has 0 saturated heterocycles. The van der Waals surface area contributed by atoms with Gasteiger partial charge < -0.3 is 14.8 Å². The molecule has 1 aromatic carbocycles. The Labute approximate surface area is 124 Å². The molecule has 5 nitrogen and oxygen atoms in total. The molecule has 2 heterocycles. The van der Waals surface area contributed by atoms with Gasteiger partial charge in [0.15, 0.2) is 11.5 Å². The molecule has 1 N–H and O–H groups in total. The first-order valence-electron chi connectivity index (χ1n) is 7.52. The van der Waals surface area contributed by atoms with E-state index in [-0.39, 0.29) is 0 Å². The van der Waals surface area contributed by atoms with Gasteiger partial charge in [-0.05, 0) is 31.2 Å². The van der Waals surface area contributed by atoms with Crippen LogP contribution in [0.2, 0.25) is 0 Å². The minimum atomic E-state index is 0.696. The van der Waals surface area contributed by atoms with Crippen LogP contribution in [0, 0.1) is 0 Å². The van der Waals surface area contributed by atoms with Gasteiger partial charge in [0, 0.05) is 25.2 Å². The van der Waals surface area contributed by atoms with E-state index in [1.54, 1.807) is 0 Å². The van der Waals surface area contributed by atoms with Gasteiger partial charge in [-0.3, -0.25) is 0 Å². The van der Waals surface area contributed by atoms with Gasteiger partial charge in [-0.2, -0.15) is 5.10 Å². The van der Waals surface area contributed by atoms with Crippen molar-refractivity contribution in [2.45, 2.75) is 26.3 Å². The summed E-state index contributed by atoms with van der Waals surface area (Å²) in [5, 5.41) is 7.94. The molecule has 5 heteroatoms. The second-order valence-electron chi connectivity index (χ2n) is 5.11. The van der Waals surface area contributed by atoms with E-state index in [4.69, 9.17) is 9.47 Å². The Bertz CT molecular complexity index is 595. The number of hydrogen-bond acceptors (Lipinski definition) is 4. The summed E-state index contributed by atoms with van der Waals surface area (Å²) in [6, 6.07) is 7.97. The maximum Gasteiger partial charge on any atom is 0.163 e. The summed E-state index contributed by atoms with van der Waals surface area (Å²) in [7, 11) is 0. The Hall–Kier alpha value is -2.01. The zero-order chi connectivity index (χ0) is 14.5. The smallest absolute Gasteiger partial charge is 0.163 e. The molecule has 112 valence electrons. The van der Waals surface area contributed by atoms with Gasteiger partial charge in [-0.1, -0.05) is 6.92 Å². The first kappa shape index (κ1) is 13.9. The Morgan fingerprint density at radius 3 is 2.90 bits per heavy atom. The molecule has 0 amide bonds. The fourth-order valence-corrected chi connectivity index (χ4v) is 2.29. The first-order chi connectivity index (χ1) is 10.4. The van der Waals surface area contributed by atoms with E-state index in [2.05, 4.69) is 17.3 Å². The van der Waals surface area contributed by atoms with Gasteiger partial charge in [0.1, 0.15) is 0 Å². The average Bonchev–Trinajstić information content (AvgIpc) is 2.85. The molecule has 0 unspecified atom stereocenters. The predicted octanol–water partition coefficient (Wildman–Crippen LogP) is 2.53. The Morgan fingerprint density at radius 1 is 1.19 bits per heavy atom. The molecule has 0 saturated carbocycles. The number of ether oxygens (including phenoxy) is 2. The summed E-state index contributed by atoms with van der Waals surface area (Å²) in [5.41, 5.74) is 2.02. The maximum absolute atomic E-state index is 5.72. The van der Waals surface area contributed by atoms with Crippen LogP contribution in [0.5, 0.6) is 11.5 Å². The molecule has 1 aliphatic rings. The lowest BCUT2D eigenvalue weighted by Crippen LogP contribution is -2.14. The molecular formula is C16H21N3O2. The van der Waals surface area contributed by atoms with Crippen LogP contribution in [-0.4, -0.2) is 29.5 Å². The Morgan fingerprint density at radius 2 is 2.05 bits per heavy atom. The van der Waals surface area contributed by atoms with E-state index in [0.29, 0.717) is 13.2 Å². The molecule has 0 atom stereocenters. The summed E-state index contributed by atoms with van der Waals surface area (Å²) in [6.45, 7) is 5.37. The number of fused-ring (bicyclic) bond motifs is 1. The van der Waals surface area contributed by atoms with Crippen LogP contribution in [0.1, 0.15) is 25.5 Å². The fourth-order valence-electron chi connectivity index (χ4n) is 2.29. The van der Waals surface area contributed by atoms with E-state index < -0.39 is 0 Å². The molecular weight excluding hydrogens is 266 g/mol. The van der Waals surface area contributed by atoms with Gasteiger partial charge in [0.25, 0.3) is 0 Å². The van der Waals surface area contributed by atoms with Gasteiger partial charge in [-0.25, -0.2) is 4.68 Å². The van der Waals surface area contributed by atoms with Crippen molar-refractivity contribution in [3.63, 3.8) is 0 Å². The quantitative estimate of drug-likeness (QED) is 0.859. The van der Waals surface area contributed by atoms with Gasteiger partial charge >= 0.3 is 0 Å². The predicted molar refractivity (Wildman–Crippen MR) is 81.2 cm³/mol. The van der Waals surface area contributed by atoms with Crippen molar-refractivity contribution in [1.82, 2.24) is 15.1 Å². The monoisotopic (exact) mass is 287 g/mol. The Balaban J connectivity index is 1.76. The third kappa shape index (κ3) is 3.36. The van der Waals surface area contributed by atoms with E-state index in [1.165, 1.54) is 0 Å². The van der Waals surface area contributed by atoms with Crippen molar-refractivity contribution >= 4 is 0 Å². The normalized spacial score (nSPS) is 14.0. The average molecular weight is 287 g/mol. The van der Waals surface area contributed by atoms with Crippen LogP contribution in [0.3, 0.4) is 0 Å². The van der Waals surface area contributed by atoms with Crippen molar-refractivity contribution in [2.24, 2.45) is 0 Å². The Kier molecular flexibility index (Phi) is 4.40. The molecule has 21 heavy (non-hydrogen) atoms. The molecule has 2 aromatic rings. The highest BCUT2D eigenvalue weighted by Gasteiger charge is 2.11. The topological polar surface area (TPSA) is 48.3 Å². The first-order valence-corrected chi connectivity index (χ1v) is 7.52. The lowest BCUT2D eigenvalue weighted by atomic mass is 10.3. The highest BCUT2D eigenvalue weighted by molar-refractivity contribution is 5.48. The minimum Gasteiger partial charge on any atom is -0.490 e. The number of benzene rings is 1. The van der Waals surface area contributed by atoms with E-state index in [0.717, 1.165) is 48.8 Å². The van der Waals surface area contributed by atoms with Gasteiger partial charge in [0.05, 0.1) is 24.6 Å². The van der Waals surface area contributed by atoms with Crippen LogP contribution in [0.25, 0.3) is 5.69 Å². The minimum absolute atomic E-state index is 0.696. The standard InChI is InChI=1S/C16H21N3O2/c1-2-7-17-12-13-6-8-19(18-13)14-4-5-15-16(11-14)21-10-3-9-20-15/h4-6,8,11,17H,2-3,7,9-10,12H2,1H3. The maximum atomic E-state index is 5.72. The lowest BCUT2D eigenvalue weighted by molar-refractivity contribution is 0.297. The number of nitrogens with one attached hydrogen (secondary N) is 1. The third-order valence-electron chi connectivity index (χ3n) is 3.37.